The van der Waals surface area contributed by atoms with E-state index in [2.05, 4.69) is 5.32 Å². The van der Waals surface area contributed by atoms with Crippen molar-refractivity contribution < 1.29 is 19.4 Å². The first-order chi connectivity index (χ1) is 9.58. The van der Waals surface area contributed by atoms with Crippen LogP contribution in [0.4, 0.5) is 5.69 Å². The number of aromatic carboxylic acids is 1. The number of carboxylic acid groups (broad SMARTS) is 1. The van der Waals surface area contributed by atoms with Gasteiger partial charge in [0.1, 0.15) is 5.75 Å². The Kier molecular flexibility index (Phi) is 3.12. The minimum atomic E-state index is -1.08. The van der Waals surface area contributed by atoms with E-state index in [0.717, 1.165) is 24.7 Å². The summed E-state index contributed by atoms with van der Waals surface area (Å²) in [4.78, 5) is 23.4. The average Bonchev–Trinajstić information content (AvgIpc) is 3.05. The van der Waals surface area contributed by atoms with E-state index in [1.165, 1.54) is 19.6 Å². The number of hydrogen-bond acceptors (Lipinski definition) is 3. The highest BCUT2D eigenvalue weighted by molar-refractivity contribution is 6.01. The zero-order valence-corrected chi connectivity index (χ0v) is 11.3. The van der Waals surface area contributed by atoms with E-state index >= 15 is 0 Å². The molecule has 1 amide bonds. The highest BCUT2D eigenvalue weighted by Crippen LogP contribution is 2.54. The minimum absolute atomic E-state index is 0.0301. The summed E-state index contributed by atoms with van der Waals surface area (Å²) in [5, 5.41) is 12.0. The fraction of sp³-hybridized carbons (Fsp3) is 0.467. The van der Waals surface area contributed by atoms with Crippen molar-refractivity contribution in [3.63, 3.8) is 0 Å². The lowest BCUT2D eigenvalue weighted by molar-refractivity contribution is -0.120. The van der Waals surface area contributed by atoms with Gasteiger partial charge in [0.25, 0.3) is 0 Å². The largest absolute Gasteiger partial charge is 0.497 e. The van der Waals surface area contributed by atoms with Crippen LogP contribution in [0.3, 0.4) is 0 Å². The number of anilines is 1. The number of fused-ring (bicyclic) bond motifs is 1. The van der Waals surface area contributed by atoms with Crippen LogP contribution in [0.25, 0.3) is 0 Å². The molecule has 2 aliphatic rings. The lowest BCUT2D eigenvalue weighted by Crippen LogP contribution is -2.22. The lowest BCUT2D eigenvalue weighted by atomic mass is 10.0. The molecule has 2 atom stereocenters. The molecule has 1 aromatic rings. The van der Waals surface area contributed by atoms with Gasteiger partial charge in [-0.15, -0.1) is 0 Å². The van der Waals surface area contributed by atoms with Crippen LogP contribution < -0.4 is 10.1 Å². The number of benzene rings is 1. The maximum Gasteiger partial charge on any atom is 0.337 e. The van der Waals surface area contributed by atoms with Gasteiger partial charge in [-0.25, -0.2) is 4.79 Å². The molecule has 20 heavy (non-hydrogen) atoms. The van der Waals surface area contributed by atoms with E-state index in [9.17, 15) is 14.7 Å². The number of carbonyl (C=O) groups excluding carboxylic acids is 1. The second-order valence-electron chi connectivity index (χ2n) is 5.63. The van der Waals surface area contributed by atoms with Crippen molar-refractivity contribution in [1.82, 2.24) is 0 Å². The topological polar surface area (TPSA) is 75.6 Å². The Hall–Kier alpha value is -2.04. The van der Waals surface area contributed by atoms with Crippen molar-refractivity contribution in [1.29, 1.82) is 0 Å². The molecular formula is C15H17NO4. The van der Waals surface area contributed by atoms with Crippen LogP contribution in [0.2, 0.25) is 0 Å². The predicted octanol–water partition coefficient (Wildman–Crippen LogP) is 2.38. The third-order valence-electron chi connectivity index (χ3n) is 4.33. The van der Waals surface area contributed by atoms with Crippen LogP contribution in [-0.2, 0) is 4.79 Å². The van der Waals surface area contributed by atoms with Gasteiger partial charge in [0.2, 0.25) is 5.91 Å². The van der Waals surface area contributed by atoms with Crippen molar-refractivity contribution in [2.75, 3.05) is 12.4 Å². The minimum Gasteiger partial charge on any atom is -0.497 e. The molecule has 2 unspecified atom stereocenters. The first-order valence-corrected chi connectivity index (χ1v) is 6.80. The summed E-state index contributed by atoms with van der Waals surface area (Å²) >= 11 is 0. The summed E-state index contributed by atoms with van der Waals surface area (Å²) in [6.45, 7) is 0. The van der Waals surface area contributed by atoms with Gasteiger partial charge in [0.05, 0.1) is 18.4 Å². The molecule has 0 spiro atoms. The molecule has 0 heterocycles. The molecule has 2 fully saturated rings. The second-order valence-corrected chi connectivity index (χ2v) is 5.63. The molecular weight excluding hydrogens is 258 g/mol. The number of amides is 1. The maximum atomic E-state index is 12.2. The van der Waals surface area contributed by atoms with Crippen LogP contribution in [0.15, 0.2) is 18.2 Å². The van der Waals surface area contributed by atoms with Gasteiger partial charge in [-0.3, -0.25) is 4.79 Å². The van der Waals surface area contributed by atoms with Crippen molar-refractivity contribution in [3.8, 4) is 5.75 Å². The van der Waals surface area contributed by atoms with Gasteiger partial charge < -0.3 is 15.2 Å². The van der Waals surface area contributed by atoms with Crippen LogP contribution in [-0.4, -0.2) is 24.1 Å². The Morgan fingerprint density at radius 1 is 1.25 bits per heavy atom. The summed E-state index contributed by atoms with van der Waals surface area (Å²) < 4.78 is 5.01. The summed E-state index contributed by atoms with van der Waals surface area (Å²) in [5.41, 5.74) is 0.393. The molecule has 106 valence electrons. The average molecular weight is 275 g/mol. The number of carboxylic acids is 1. The van der Waals surface area contributed by atoms with Gasteiger partial charge in [0, 0.05) is 5.92 Å². The van der Waals surface area contributed by atoms with Gasteiger partial charge in [0.15, 0.2) is 0 Å². The predicted molar refractivity (Wildman–Crippen MR) is 72.9 cm³/mol. The monoisotopic (exact) mass is 275 g/mol. The molecule has 5 heteroatoms. The van der Waals surface area contributed by atoms with Gasteiger partial charge in [-0.05, 0) is 49.3 Å². The Balaban J connectivity index is 1.75. The summed E-state index contributed by atoms with van der Waals surface area (Å²) in [6, 6.07) is 4.65. The third kappa shape index (κ3) is 2.35. The Labute approximate surface area is 116 Å². The van der Waals surface area contributed by atoms with Crippen LogP contribution in [0, 0.1) is 17.8 Å². The molecule has 5 nitrogen and oxygen atoms in total. The van der Waals surface area contributed by atoms with Crippen molar-refractivity contribution in [2.24, 2.45) is 17.8 Å². The first kappa shape index (κ1) is 13.0. The highest BCUT2D eigenvalue weighted by Gasteiger charge is 2.48. The number of carbonyl (C=O) groups is 2. The second kappa shape index (κ2) is 4.81. The van der Waals surface area contributed by atoms with Gasteiger partial charge in [-0.2, -0.15) is 0 Å². The fourth-order valence-electron chi connectivity index (χ4n) is 3.10. The molecule has 3 rings (SSSR count). The van der Waals surface area contributed by atoms with E-state index in [4.69, 9.17) is 4.74 Å². The molecule has 0 aromatic heterocycles. The van der Waals surface area contributed by atoms with Crippen LogP contribution in [0.5, 0.6) is 5.75 Å². The third-order valence-corrected chi connectivity index (χ3v) is 4.33. The Bertz CT molecular complexity index is 559. The molecule has 0 bridgehead atoms. The van der Waals surface area contributed by atoms with Crippen molar-refractivity contribution in [3.05, 3.63) is 23.8 Å². The van der Waals surface area contributed by atoms with Gasteiger partial charge >= 0.3 is 5.97 Å². The lowest BCUT2D eigenvalue weighted by Gasteiger charge is -2.14. The van der Waals surface area contributed by atoms with E-state index in [1.54, 1.807) is 12.1 Å². The van der Waals surface area contributed by atoms with E-state index in [-0.39, 0.29) is 17.4 Å². The first-order valence-electron chi connectivity index (χ1n) is 6.80. The van der Waals surface area contributed by atoms with Crippen molar-refractivity contribution >= 4 is 17.6 Å². The van der Waals surface area contributed by atoms with E-state index in [0.29, 0.717) is 11.4 Å². The number of rotatable bonds is 4. The number of methoxy groups -OCH3 is 1. The SMILES string of the molecule is COc1ccc(NC(=O)C2CC3CC3C2)c(C(=O)O)c1. The standard InChI is InChI=1S/C15H17NO4/c1-20-11-2-3-13(12(7-11)15(18)19)16-14(17)10-5-8-4-9(8)6-10/h2-3,7-10H,4-6H2,1H3,(H,16,17)(H,18,19). The van der Waals surface area contributed by atoms with Crippen LogP contribution in [0.1, 0.15) is 29.6 Å². The highest BCUT2D eigenvalue weighted by atomic mass is 16.5. The van der Waals surface area contributed by atoms with E-state index in [1.807, 2.05) is 0 Å². The smallest absolute Gasteiger partial charge is 0.337 e. The molecule has 0 aliphatic heterocycles. The Morgan fingerprint density at radius 2 is 1.95 bits per heavy atom. The zero-order valence-electron chi connectivity index (χ0n) is 11.3. The number of hydrogen-bond donors (Lipinski definition) is 2. The summed E-state index contributed by atoms with van der Waals surface area (Å²) in [6.07, 6.45) is 3.14. The summed E-state index contributed by atoms with van der Waals surface area (Å²) in [7, 11) is 1.48. The maximum absolute atomic E-state index is 12.2. The zero-order chi connectivity index (χ0) is 14.3. The van der Waals surface area contributed by atoms with Gasteiger partial charge in [-0.1, -0.05) is 0 Å². The number of ether oxygens (including phenoxy) is 1. The normalized spacial score (nSPS) is 26.8. The molecule has 1 aromatic carbocycles. The summed E-state index contributed by atoms with van der Waals surface area (Å²) in [5.74, 6) is 0.796. The molecule has 0 saturated heterocycles. The number of nitrogens with one attached hydrogen (secondary N) is 1. The molecule has 2 aliphatic carbocycles. The molecule has 0 radical (unpaired) electrons. The Morgan fingerprint density at radius 3 is 2.55 bits per heavy atom. The molecule has 2 N–H and O–H groups in total. The molecule has 2 saturated carbocycles. The van der Waals surface area contributed by atoms with Crippen molar-refractivity contribution in [2.45, 2.75) is 19.3 Å². The van der Waals surface area contributed by atoms with Crippen LogP contribution >= 0.6 is 0 Å². The quantitative estimate of drug-likeness (QED) is 0.884. The fourth-order valence-corrected chi connectivity index (χ4v) is 3.10. The van der Waals surface area contributed by atoms with E-state index < -0.39 is 5.97 Å².